The molecule has 2 amide bonds. The Balaban J connectivity index is 1.12. The predicted molar refractivity (Wildman–Crippen MR) is 179 cm³/mol. The third-order valence-corrected chi connectivity index (χ3v) is 11.6. The maximum Gasteiger partial charge on any atom is 0.434 e. The van der Waals surface area contributed by atoms with Crippen molar-refractivity contribution in [3.63, 3.8) is 0 Å². The Kier molecular flexibility index (Phi) is 6.14. The molecule has 6 aliphatic rings. The third-order valence-electron chi connectivity index (χ3n) is 11.6. The van der Waals surface area contributed by atoms with Crippen molar-refractivity contribution < 1.29 is 23.1 Å². The number of hydrogen-bond acceptors (Lipinski definition) is 7. The van der Waals surface area contributed by atoms with Crippen LogP contribution in [0.25, 0.3) is 22.6 Å². The van der Waals surface area contributed by atoms with Crippen LogP contribution in [0.5, 0.6) is 5.75 Å². The molecule has 3 aromatic carbocycles. The monoisotopic (exact) mass is 669 g/mol. The van der Waals surface area contributed by atoms with E-state index in [0.29, 0.717) is 59.8 Å². The Morgan fingerprint density at radius 3 is 2.62 bits per heavy atom. The van der Waals surface area contributed by atoms with Crippen LogP contribution < -0.4 is 10.5 Å². The summed E-state index contributed by atoms with van der Waals surface area (Å²) >= 11 is 0. The quantitative estimate of drug-likeness (QED) is 0.235. The number of H-pyrrole nitrogens is 1. The van der Waals surface area contributed by atoms with E-state index in [-0.39, 0.29) is 29.6 Å². The highest BCUT2D eigenvalue weighted by Crippen LogP contribution is 2.62. The van der Waals surface area contributed by atoms with Gasteiger partial charge < -0.3 is 19.0 Å². The molecule has 1 unspecified atom stereocenters. The molecule has 4 aliphatic heterocycles. The summed E-state index contributed by atoms with van der Waals surface area (Å²) < 4.78 is 25.0. The first kappa shape index (κ1) is 29.3. The van der Waals surface area contributed by atoms with Crippen molar-refractivity contribution >= 4 is 11.8 Å². The molecule has 6 heterocycles. The molecule has 2 bridgehead atoms. The minimum Gasteiger partial charge on any atom is -0.496 e. The second-order valence-corrected chi connectivity index (χ2v) is 14.2. The van der Waals surface area contributed by atoms with Crippen LogP contribution in [-0.2, 0) is 31.3 Å². The maximum atomic E-state index is 14.4. The number of aryl methyl sites for hydroxylation is 2. The number of carbonyl (C=O) groups is 2. The highest BCUT2D eigenvalue weighted by molar-refractivity contribution is 6.09. The average Bonchev–Trinajstić information content (AvgIpc) is 3.96. The van der Waals surface area contributed by atoms with E-state index >= 15 is 0 Å². The lowest BCUT2D eigenvalue weighted by atomic mass is 9.70. The number of rotatable bonds is 7. The smallest absolute Gasteiger partial charge is 0.434 e. The van der Waals surface area contributed by atoms with Crippen molar-refractivity contribution in [2.75, 3.05) is 13.7 Å². The molecular formula is C39H32FN5O5. The van der Waals surface area contributed by atoms with E-state index in [9.17, 15) is 18.8 Å². The molecule has 11 heteroatoms. The van der Waals surface area contributed by atoms with Crippen molar-refractivity contribution in [1.82, 2.24) is 25.0 Å². The number of aromatic nitrogens is 3. The Labute approximate surface area is 285 Å². The van der Waals surface area contributed by atoms with Gasteiger partial charge in [0.1, 0.15) is 11.6 Å². The zero-order valence-electron chi connectivity index (χ0n) is 27.3. The summed E-state index contributed by atoms with van der Waals surface area (Å²) in [6.07, 6.45) is 4.36. The van der Waals surface area contributed by atoms with Gasteiger partial charge in [0, 0.05) is 24.2 Å². The minimum atomic E-state index is -0.716. The molecule has 10 nitrogen and oxygen atoms in total. The maximum absolute atomic E-state index is 14.4. The van der Waals surface area contributed by atoms with E-state index in [2.05, 4.69) is 16.3 Å². The van der Waals surface area contributed by atoms with Crippen LogP contribution in [0.2, 0.25) is 0 Å². The molecule has 50 heavy (non-hydrogen) atoms. The number of methoxy groups -OCH3 is 1. The van der Waals surface area contributed by atoms with Crippen molar-refractivity contribution in [3.8, 4) is 28.3 Å². The Morgan fingerprint density at radius 1 is 1.00 bits per heavy atom. The summed E-state index contributed by atoms with van der Waals surface area (Å²) in [5, 5.41) is 6.63. The summed E-state index contributed by atoms with van der Waals surface area (Å²) in [6, 6.07) is 18.0. The molecule has 1 spiro atoms. The number of benzene rings is 3. The molecule has 5 aromatic rings. The van der Waals surface area contributed by atoms with Gasteiger partial charge in [-0.25, -0.2) is 14.3 Å². The molecule has 1 atom stereocenters. The van der Waals surface area contributed by atoms with Crippen molar-refractivity contribution in [3.05, 3.63) is 122 Å². The third kappa shape index (κ3) is 4.03. The SMILES string of the molecule is COc1cccc2c1CCC2N1Cc2cc(-c3c4c(nc(CCc5ccc(F)cc5)c3-c3n[nH]c(=O)o3)C35CC(CN3C4=O)C5)ccc2C1=O. The fraction of sp³-hybridized carbons (Fsp3) is 0.308. The number of amides is 2. The van der Waals surface area contributed by atoms with Gasteiger partial charge in [-0.2, -0.15) is 0 Å². The fourth-order valence-corrected chi connectivity index (χ4v) is 9.41. The van der Waals surface area contributed by atoms with Gasteiger partial charge in [0.15, 0.2) is 0 Å². The van der Waals surface area contributed by atoms with E-state index in [1.165, 1.54) is 12.1 Å². The normalized spacial score (nSPS) is 22.4. The summed E-state index contributed by atoms with van der Waals surface area (Å²) in [5.74, 6) is 0.220. The number of pyridine rings is 1. The molecule has 11 rings (SSSR count). The average molecular weight is 670 g/mol. The molecule has 1 N–H and O–H groups in total. The molecule has 2 aliphatic carbocycles. The Bertz CT molecular complexity index is 2340. The van der Waals surface area contributed by atoms with Crippen LogP contribution >= 0.6 is 0 Å². The van der Waals surface area contributed by atoms with Crippen molar-refractivity contribution in [2.45, 2.75) is 56.7 Å². The number of ether oxygens (including phenoxy) is 1. The first-order valence-electron chi connectivity index (χ1n) is 17.1. The molecule has 250 valence electrons. The number of halogens is 1. The molecule has 1 saturated carbocycles. The number of hydrogen-bond donors (Lipinski definition) is 1. The molecule has 2 aromatic heterocycles. The first-order valence-corrected chi connectivity index (χ1v) is 17.1. The summed E-state index contributed by atoms with van der Waals surface area (Å²) in [6.45, 7) is 1.11. The standard InChI is InChI=1S/C39H32FN5O5/c1-49-30-4-2-3-26-27(30)12-14-29(26)44-19-23-15-22(8-11-25(23)36(44)46)31-32(35-42-43-38(48)50-35)28(13-7-20-5-9-24(40)10-6-20)41-34-33(31)37(47)45-18-21-16-39(34,45)17-21/h2-6,8-11,15,21,29H,7,12-14,16-19H2,1H3,(H,43,48). The van der Waals surface area contributed by atoms with Crippen molar-refractivity contribution in [1.29, 1.82) is 0 Å². The fourth-order valence-electron chi connectivity index (χ4n) is 9.41. The number of nitrogens with zero attached hydrogens (tertiary/aromatic N) is 4. The van der Waals surface area contributed by atoms with Gasteiger partial charge in [-0.05, 0) is 103 Å². The lowest BCUT2D eigenvalue weighted by Gasteiger charge is -2.37. The van der Waals surface area contributed by atoms with Gasteiger partial charge in [-0.3, -0.25) is 14.6 Å². The van der Waals surface area contributed by atoms with Gasteiger partial charge >= 0.3 is 5.76 Å². The van der Waals surface area contributed by atoms with E-state index in [1.807, 2.05) is 40.1 Å². The predicted octanol–water partition coefficient (Wildman–Crippen LogP) is 5.74. The highest BCUT2D eigenvalue weighted by Gasteiger charge is 2.65. The highest BCUT2D eigenvalue weighted by atomic mass is 19.1. The van der Waals surface area contributed by atoms with Gasteiger partial charge in [0.25, 0.3) is 17.7 Å². The lowest BCUT2D eigenvalue weighted by Crippen LogP contribution is -2.40. The van der Waals surface area contributed by atoms with E-state index in [0.717, 1.165) is 64.9 Å². The number of fused-ring (bicyclic) bond motifs is 3. The van der Waals surface area contributed by atoms with Gasteiger partial charge in [-0.15, -0.1) is 5.10 Å². The largest absolute Gasteiger partial charge is 0.496 e. The minimum absolute atomic E-state index is 0.0261. The van der Waals surface area contributed by atoms with Crippen LogP contribution in [-0.4, -0.2) is 50.5 Å². The number of nitrogens with one attached hydrogen (secondary N) is 1. The summed E-state index contributed by atoms with van der Waals surface area (Å²) in [7, 11) is 1.67. The van der Waals surface area contributed by atoms with E-state index < -0.39 is 11.3 Å². The van der Waals surface area contributed by atoms with E-state index in [1.54, 1.807) is 19.2 Å². The number of aromatic amines is 1. The lowest BCUT2D eigenvalue weighted by molar-refractivity contribution is 0.0636. The molecule has 2 saturated heterocycles. The van der Waals surface area contributed by atoms with Crippen molar-refractivity contribution in [2.24, 2.45) is 5.92 Å². The summed E-state index contributed by atoms with van der Waals surface area (Å²) in [4.78, 5) is 49.8. The Morgan fingerprint density at radius 2 is 1.84 bits per heavy atom. The molecule has 0 radical (unpaired) electrons. The summed E-state index contributed by atoms with van der Waals surface area (Å²) in [5.41, 5.74) is 7.97. The van der Waals surface area contributed by atoms with Crippen LogP contribution in [0.3, 0.4) is 0 Å². The second-order valence-electron chi connectivity index (χ2n) is 14.2. The topological polar surface area (TPSA) is 122 Å². The van der Waals surface area contributed by atoms with Gasteiger partial charge in [0.2, 0.25) is 0 Å². The van der Waals surface area contributed by atoms with Gasteiger partial charge in [0.05, 0.1) is 41.2 Å². The zero-order chi connectivity index (χ0) is 33.9. The van der Waals surface area contributed by atoms with Crippen LogP contribution in [0.4, 0.5) is 4.39 Å². The number of carbonyl (C=O) groups excluding carboxylic acids is 2. The van der Waals surface area contributed by atoms with Crippen LogP contribution in [0.1, 0.15) is 79.7 Å². The van der Waals surface area contributed by atoms with Crippen LogP contribution in [0.15, 0.2) is 69.9 Å². The van der Waals surface area contributed by atoms with Gasteiger partial charge in [-0.1, -0.05) is 30.3 Å². The van der Waals surface area contributed by atoms with E-state index in [4.69, 9.17) is 14.1 Å². The first-order chi connectivity index (χ1) is 24.3. The van der Waals surface area contributed by atoms with Crippen LogP contribution in [0, 0.1) is 11.7 Å². The Hall–Kier alpha value is -5.58. The molecule has 3 fully saturated rings. The second kappa shape index (κ2) is 10.5. The zero-order valence-corrected chi connectivity index (χ0v) is 27.3. The molecular weight excluding hydrogens is 637 g/mol.